The first kappa shape index (κ1) is 27.5. The summed E-state index contributed by atoms with van der Waals surface area (Å²) in [6, 6.07) is 4.08. The first-order chi connectivity index (χ1) is 18.4. The van der Waals surface area contributed by atoms with E-state index in [1.807, 2.05) is 15.8 Å². The van der Waals surface area contributed by atoms with Crippen LogP contribution in [0.1, 0.15) is 74.5 Å². The Labute approximate surface area is 238 Å². The Morgan fingerprint density at radius 2 is 1.97 bits per heavy atom. The summed E-state index contributed by atoms with van der Waals surface area (Å²) >= 11 is 2.25. The van der Waals surface area contributed by atoms with Crippen molar-refractivity contribution >= 4 is 40.2 Å². The van der Waals surface area contributed by atoms with Crippen molar-refractivity contribution in [3.05, 3.63) is 47.0 Å². The Bertz CT molecular complexity index is 1270. The molecule has 4 heterocycles. The van der Waals surface area contributed by atoms with Crippen LogP contribution in [-0.2, 0) is 0 Å². The molecule has 0 bridgehead atoms. The second-order valence-electron chi connectivity index (χ2n) is 10.7. The minimum atomic E-state index is -0.229. The van der Waals surface area contributed by atoms with Crippen molar-refractivity contribution < 1.29 is 9.50 Å². The fraction of sp³-hybridized carbons (Fsp3) is 0.552. The highest BCUT2D eigenvalue weighted by molar-refractivity contribution is 14.1. The van der Waals surface area contributed by atoms with E-state index in [-0.39, 0.29) is 24.3 Å². The third-order valence-corrected chi connectivity index (χ3v) is 8.98. The number of aromatic nitrogens is 3. The van der Waals surface area contributed by atoms with Gasteiger partial charge in [0, 0.05) is 61.7 Å². The maximum Gasteiger partial charge on any atom is 0.167 e. The van der Waals surface area contributed by atoms with E-state index in [0.717, 1.165) is 79.7 Å². The summed E-state index contributed by atoms with van der Waals surface area (Å²) in [5.41, 5.74) is 5.78. The van der Waals surface area contributed by atoms with E-state index in [2.05, 4.69) is 59.0 Å². The number of fused-ring (bicyclic) bond motifs is 1. The van der Waals surface area contributed by atoms with Crippen molar-refractivity contribution in [3.8, 4) is 11.3 Å². The lowest BCUT2D eigenvalue weighted by atomic mass is 9.87. The van der Waals surface area contributed by atoms with E-state index in [0.29, 0.717) is 23.7 Å². The number of hydrogen-bond acceptors (Lipinski definition) is 6. The monoisotopic (exact) mass is 632 g/mol. The molecule has 0 spiro atoms. The van der Waals surface area contributed by atoms with Crippen molar-refractivity contribution in [3.63, 3.8) is 0 Å². The number of aryl methyl sites for hydroxylation is 1. The molecular weight excluding hydrogens is 594 g/mol. The summed E-state index contributed by atoms with van der Waals surface area (Å²) in [5, 5.41) is 16.6. The molecule has 0 saturated carbocycles. The summed E-state index contributed by atoms with van der Waals surface area (Å²) in [7, 11) is 0. The molecular formula is C29H38FIN6O. The standard InChI is InChI=1S/C29H38FIN6O/c1-4-6-20(9-12-38)27-19(3)13-21(14-25(27)30)26-16-32-29-28(34-26)24(18-36(29)31)22-15-33-37(17-22)23-7-10-35(5-2)11-8-23/h13-16,18,20,22-23,38H,4-12,17H2,1-3H3. The van der Waals surface area contributed by atoms with Crippen molar-refractivity contribution in [2.45, 2.75) is 70.8 Å². The van der Waals surface area contributed by atoms with E-state index in [4.69, 9.17) is 15.1 Å². The first-order valence-electron chi connectivity index (χ1n) is 13.9. The molecule has 1 fully saturated rings. The summed E-state index contributed by atoms with van der Waals surface area (Å²) in [6.07, 6.45) is 10.6. The van der Waals surface area contributed by atoms with Crippen LogP contribution in [0, 0.1) is 12.7 Å². The van der Waals surface area contributed by atoms with Crippen molar-refractivity contribution in [1.82, 2.24) is 22.7 Å². The lowest BCUT2D eigenvalue weighted by Crippen LogP contribution is -2.42. The van der Waals surface area contributed by atoms with Crippen LogP contribution in [0.15, 0.2) is 29.6 Å². The predicted octanol–water partition coefficient (Wildman–Crippen LogP) is 5.88. The van der Waals surface area contributed by atoms with Gasteiger partial charge >= 0.3 is 0 Å². The third kappa shape index (κ3) is 5.47. The number of rotatable bonds is 9. The van der Waals surface area contributed by atoms with E-state index >= 15 is 4.39 Å². The molecule has 1 N–H and O–H groups in total. The van der Waals surface area contributed by atoms with E-state index in [9.17, 15) is 5.11 Å². The quantitative estimate of drug-likeness (QED) is 0.299. The molecule has 0 aliphatic carbocycles. The predicted molar refractivity (Wildman–Crippen MR) is 160 cm³/mol. The number of hydrogen-bond donors (Lipinski definition) is 1. The molecule has 2 unspecified atom stereocenters. The lowest BCUT2D eigenvalue weighted by molar-refractivity contribution is 0.121. The fourth-order valence-electron chi connectivity index (χ4n) is 6.16. The summed E-state index contributed by atoms with van der Waals surface area (Å²) in [6.45, 7) is 10.6. The molecule has 2 aliphatic rings. The SMILES string of the molecule is CCCC(CCO)c1c(C)cc(-c2cnc3c(n2)c(C2C=NN(C4CCN(CC)CC4)C2)cn3I)cc1F. The molecule has 1 aromatic carbocycles. The Kier molecular flexibility index (Phi) is 8.64. The molecule has 2 atom stereocenters. The van der Waals surface area contributed by atoms with Crippen LogP contribution in [-0.4, -0.2) is 72.8 Å². The number of likely N-dealkylation sites (tertiary alicyclic amines) is 1. The zero-order valence-corrected chi connectivity index (χ0v) is 24.7. The zero-order chi connectivity index (χ0) is 26.8. The number of benzene rings is 1. The average Bonchev–Trinajstić information content (AvgIpc) is 3.53. The highest BCUT2D eigenvalue weighted by atomic mass is 127. The van der Waals surface area contributed by atoms with Crippen LogP contribution in [0.4, 0.5) is 4.39 Å². The number of piperidine rings is 1. The molecule has 204 valence electrons. The van der Waals surface area contributed by atoms with Crippen LogP contribution in [0.2, 0.25) is 0 Å². The molecule has 0 amide bonds. The van der Waals surface area contributed by atoms with Gasteiger partial charge in [0.05, 0.1) is 34.8 Å². The Morgan fingerprint density at radius 1 is 1.18 bits per heavy atom. The number of aliphatic hydroxyl groups is 1. The molecule has 5 rings (SSSR count). The molecule has 0 radical (unpaired) electrons. The van der Waals surface area contributed by atoms with Gasteiger partial charge < -0.3 is 10.0 Å². The van der Waals surface area contributed by atoms with Gasteiger partial charge in [0.2, 0.25) is 0 Å². The molecule has 2 aliphatic heterocycles. The van der Waals surface area contributed by atoms with Crippen LogP contribution in [0.25, 0.3) is 22.4 Å². The third-order valence-electron chi connectivity index (χ3n) is 8.24. The van der Waals surface area contributed by atoms with Gasteiger partial charge in [-0.1, -0.05) is 20.3 Å². The largest absolute Gasteiger partial charge is 0.396 e. The molecule has 3 aromatic rings. The normalized spacial score (nSPS) is 19.6. The lowest BCUT2D eigenvalue weighted by Gasteiger charge is -2.35. The van der Waals surface area contributed by atoms with E-state index in [1.54, 1.807) is 12.3 Å². The van der Waals surface area contributed by atoms with Crippen molar-refractivity contribution in [1.29, 1.82) is 0 Å². The van der Waals surface area contributed by atoms with E-state index in [1.165, 1.54) is 0 Å². The topological polar surface area (TPSA) is 69.8 Å². The van der Waals surface area contributed by atoms with Gasteiger partial charge in [-0.25, -0.2) is 14.4 Å². The Morgan fingerprint density at radius 3 is 2.66 bits per heavy atom. The Balaban J connectivity index is 1.41. The van der Waals surface area contributed by atoms with Crippen LogP contribution in [0.5, 0.6) is 0 Å². The van der Waals surface area contributed by atoms with Gasteiger partial charge in [-0.05, 0) is 68.3 Å². The first-order valence-corrected chi connectivity index (χ1v) is 14.9. The average molecular weight is 633 g/mol. The number of hydrazone groups is 1. The molecule has 1 saturated heterocycles. The van der Waals surface area contributed by atoms with Crippen LogP contribution >= 0.6 is 22.9 Å². The molecule has 2 aromatic heterocycles. The van der Waals surface area contributed by atoms with Crippen molar-refractivity contribution in [2.24, 2.45) is 5.10 Å². The highest BCUT2D eigenvalue weighted by Crippen LogP contribution is 2.35. The van der Waals surface area contributed by atoms with Gasteiger partial charge in [0.25, 0.3) is 0 Å². The molecule has 38 heavy (non-hydrogen) atoms. The van der Waals surface area contributed by atoms with Crippen LogP contribution < -0.4 is 0 Å². The number of aliphatic hydroxyl groups excluding tert-OH is 1. The number of nitrogens with zero attached hydrogens (tertiary/aromatic N) is 6. The van der Waals surface area contributed by atoms with Gasteiger partial charge in [-0.15, -0.1) is 0 Å². The maximum atomic E-state index is 15.4. The maximum absolute atomic E-state index is 15.4. The van der Waals surface area contributed by atoms with Gasteiger partial charge in [0.15, 0.2) is 5.65 Å². The molecule has 9 heteroatoms. The van der Waals surface area contributed by atoms with Gasteiger partial charge in [-0.2, -0.15) is 5.10 Å². The van der Waals surface area contributed by atoms with Gasteiger partial charge in [-0.3, -0.25) is 7.79 Å². The minimum absolute atomic E-state index is 0.0195. The summed E-state index contributed by atoms with van der Waals surface area (Å²) in [5.74, 6) is -0.0596. The van der Waals surface area contributed by atoms with Gasteiger partial charge in [0.1, 0.15) is 11.3 Å². The highest BCUT2D eigenvalue weighted by Gasteiger charge is 2.30. The Hall–Kier alpha value is -2.11. The summed E-state index contributed by atoms with van der Waals surface area (Å²) in [4.78, 5) is 12.2. The second kappa shape index (κ2) is 12.0. The minimum Gasteiger partial charge on any atom is -0.396 e. The number of halogens is 2. The van der Waals surface area contributed by atoms with Crippen LogP contribution in [0.3, 0.4) is 0 Å². The van der Waals surface area contributed by atoms with E-state index < -0.39 is 0 Å². The fourth-order valence-corrected chi connectivity index (χ4v) is 6.82. The molecule has 7 nitrogen and oxygen atoms in total. The van der Waals surface area contributed by atoms with Crippen molar-refractivity contribution in [2.75, 3.05) is 32.8 Å². The summed E-state index contributed by atoms with van der Waals surface area (Å²) < 4.78 is 17.4. The second-order valence-corrected chi connectivity index (χ2v) is 11.7. The zero-order valence-electron chi connectivity index (χ0n) is 22.6. The smallest absolute Gasteiger partial charge is 0.167 e.